The average molecular weight is 684 g/mol. The zero-order chi connectivity index (χ0) is 34.3. The number of nitrogens with zero attached hydrogens (tertiary/aromatic N) is 2. The highest BCUT2D eigenvalue weighted by Crippen LogP contribution is 2.56. The number of hydrogen-bond acceptors (Lipinski definition) is 7. The molecule has 0 fully saturated rings. The molecule has 8 heteroatoms. The first-order valence-electron chi connectivity index (χ1n) is 19.3. The summed E-state index contributed by atoms with van der Waals surface area (Å²) in [5.41, 5.74) is 4.76. The van der Waals surface area contributed by atoms with Crippen molar-refractivity contribution >= 4 is 6.21 Å². The van der Waals surface area contributed by atoms with Crippen molar-refractivity contribution in [3.8, 4) is 23.0 Å². The summed E-state index contributed by atoms with van der Waals surface area (Å²) >= 11 is 0. The molecule has 0 unspecified atom stereocenters. The largest absolute Gasteiger partial charge is 0.493 e. The molecule has 2 aliphatic carbocycles. The van der Waals surface area contributed by atoms with E-state index in [1.165, 1.54) is 73.6 Å². The molecule has 4 heterocycles. The van der Waals surface area contributed by atoms with Crippen molar-refractivity contribution in [3.63, 3.8) is 0 Å². The molecule has 4 aliphatic heterocycles. The quantitative estimate of drug-likeness (QED) is 0.148. The van der Waals surface area contributed by atoms with E-state index in [1.807, 2.05) is 18.2 Å². The molecule has 8 nitrogen and oxygen atoms in total. The van der Waals surface area contributed by atoms with Gasteiger partial charge in [0.2, 0.25) is 0 Å². The Balaban J connectivity index is 0.773. The minimum absolute atomic E-state index is 0.0284. The van der Waals surface area contributed by atoms with Gasteiger partial charge in [0.1, 0.15) is 25.3 Å². The van der Waals surface area contributed by atoms with E-state index in [0.29, 0.717) is 12.8 Å². The van der Waals surface area contributed by atoms with Crippen LogP contribution in [0.1, 0.15) is 99.3 Å². The Morgan fingerprint density at radius 3 is 2.04 bits per heavy atom. The standard InChI is InChI=1S/C42H55N2O6/c1-47-33-13-11-29-27-43(23-19-41-17-15-31(45)25-35(41)49-39(33)37(29)41)21-9-7-5-3-4-6-8-10-22-44-24-20-42-18-16-32(46)26-36(42)50-40-34(48-2)14-12-30(28-44)38(40)42/h11-18,27,31-32,35-36,45-46H,3-10,19-26,28H2,1-2H3/q+1/t31-,32-,35-,36-,41-,42-/m0/s1. The van der Waals surface area contributed by atoms with Crippen LogP contribution in [0.4, 0.5) is 0 Å². The maximum Gasteiger partial charge on any atom is 0.171 e. The maximum atomic E-state index is 10.4. The number of benzene rings is 2. The van der Waals surface area contributed by atoms with E-state index in [1.54, 1.807) is 14.2 Å². The number of unbranched alkanes of at least 4 members (excludes halogenated alkanes) is 7. The molecular weight excluding hydrogens is 628 g/mol. The predicted octanol–water partition coefficient (Wildman–Crippen LogP) is 6.20. The Kier molecular flexibility index (Phi) is 9.46. The summed E-state index contributed by atoms with van der Waals surface area (Å²) in [5.74, 6) is 3.35. The number of aliphatic hydroxyl groups is 2. The fourth-order valence-electron chi connectivity index (χ4n) is 9.91. The van der Waals surface area contributed by atoms with Crippen molar-refractivity contribution in [2.45, 2.75) is 119 Å². The van der Waals surface area contributed by atoms with Gasteiger partial charge in [-0.3, -0.25) is 4.90 Å². The molecule has 2 N–H and O–H groups in total. The summed E-state index contributed by atoms with van der Waals surface area (Å²) in [6.45, 7) is 5.19. The van der Waals surface area contributed by atoms with E-state index in [0.717, 1.165) is 68.6 Å². The number of aliphatic hydroxyl groups excluding tert-OH is 2. The van der Waals surface area contributed by atoms with Gasteiger partial charge >= 0.3 is 0 Å². The van der Waals surface area contributed by atoms with Crippen LogP contribution in [0.2, 0.25) is 0 Å². The highest BCUT2D eigenvalue weighted by molar-refractivity contribution is 5.83. The van der Waals surface area contributed by atoms with E-state index in [2.05, 4.69) is 46.0 Å². The average Bonchev–Trinajstić information content (AvgIpc) is 3.51. The van der Waals surface area contributed by atoms with Crippen molar-refractivity contribution in [3.05, 3.63) is 70.8 Å². The molecule has 2 spiro atoms. The number of methoxy groups -OCH3 is 2. The zero-order valence-electron chi connectivity index (χ0n) is 29.9. The fraction of sp³-hybridized carbons (Fsp3) is 0.595. The van der Waals surface area contributed by atoms with Crippen LogP contribution >= 0.6 is 0 Å². The van der Waals surface area contributed by atoms with Crippen LogP contribution in [0, 0.1) is 0 Å². The van der Waals surface area contributed by atoms with Crippen LogP contribution in [-0.4, -0.2) is 90.7 Å². The fourth-order valence-corrected chi connectivity index (χ4v) is 9.91. The maximum absolute atomic E-state index is 10.4. The topological polar surface area (TPSA) is 83.6 Å². The minimum atomic E-state index is -0.453. The summed E-state index contributed by atoms with van der Waals surface area (Å²) in [5, 5.41) is 20.7. The molecule has 2 aromatic rings. The number of rotatable bonds is 13. The highest BCUT2D eigenvalue weighted by atomic mass is 16.5. The lowest BCUT2D eigenvalue weighted by molar-refractivity contribution is -0.524. The van der Waals surface area contributed by atoms with Gasteiger partial charge in [-0.15, -0.1) is 0 Å². The van der Waals surface area contributed by atoms with Crippen molar-refractivity contribution in [2.75, 3.05) is 40.4 Å². The molecule has 0 bridgehead atoms. The number of ether oxygens (including phenoxy) is 4. The third kappa shape index (κ3) is 5.95. The summed E-state index contributed by atoms with van der Waals surface area (Å²) in [6, 6.07) is 8.50. The van der Waals surface area contributed by atoms with Crippen LogP contribution in [-0.2, 0) is 17.4 Å². The molecule has 6 aliphatic rings. The van der Waals surface area contributed by atoms with Gasteiger partial charge in [0.15, 0.2) is 29.2 Å². The molecule has 0 saturated carbocycles. The Labute approximate surface area is 297 Å². The van der Waals surface area contributed by atoms with Gasteiger partial charge in [-0.25, -0.2) is 4.58 Å². The predicted molar refractivity (Wildman–Crippen MR) is 194 cm³/mol. The first-order valence-corrected chi connectivity index (χ1v) is 19.3. The summed E-state index contributed by atoms with van der Waals surface area (Å²) < 4.78 is 26.8. The summed E-state index contributed by atoms with van der Waals surface area (Å²) in [4.78, 5) is 2.63. The first kappa shape index (κ1) is 33.8. The lowest BCUT2D eigenvalue weighted by Crippen LogP contribution is -2.43. The van der Waals surface area contributed by atoms with Gasteiger partial charge in [0.05, 0.1) is 37.3 Å². The Hall–Kier alpha value is -3.33. The van der Waals surface area contributed by atoms with Crippen LogP contribution in [0.15, 0.2) is 48.6 Å². The van der Waals surface area contributed by atoms with E-state index in [4.69, 9.17) is 18.9 Å². The Bertz CT molecular complexity index is 1670. The van der Waals surface area contributed by atoms with Gasteiger partial charge in [0, 0.05) is 48.9 Å². The lowest BCUT2D eigenvalue weighted by atomic mass is 9.69. The van der Waals surface area contributed by atoms with Crippen LogP contribution in [0.5, 0.6) is 23.0 Å². The molecule has 50 heavy (non-hydrogen) atoms. The van der Waals surface area contributed by atoms with E-state index in [-0.39, 0.29) is 23.0 Å². The normalized spacial score (nSPS) is 30.2. The Morgan fingerprint density at radius 1 is 0.760 bits per heavy atom. The Morgan fingerprint density at radius 2 is 1.36 bits per heavy atom. The van der Waals surface area contributed by atoms with Gasteiger partial charge in [-0.1, -0.05) is 62.5 Å². The van der Waals surface area contributed by atoms with Crippen molar-refractivity contribution in [1.29, 1.82) is 0 Å². The molecule has 0 radical (unpaired) electrons. The van der Waals surface area contributed by atoms with Gasteiger partial charge in [0.25, 0.3) is 0 Å². The molecule has 268 valence electrons. The molecule has 2 aromatic carbocycles. The van der Waals surface area contributed by atoms with Crippen LogP contribution in [0.3, 0.4) is 0 Å². The lowest BCUT2D eigenvalue weighted by Gasteiger charge is -2.35. The van der Waals surface area contributed by atoms with E-state index < -0.39 is 12.2 Å². The van der Waals surface area contributed by atoms with Gasteiger partial charge in [-0.2, -0.15) is 0 Å². The van der Waals surface area contributed by atoms with Crippen molar-refractivity contribution < 1.29 is 33.7 Å². The molecular formula is C42H55N2O6+. The second-order valence-electron chi connectivity index (χ2n) is 15.6. The molecule has 0 aromatic heterocycles. The second kappa shape index (κ2) is 14.0. The third-order valence-corrected chi connectivity index (χ3v) is 12.6. The van der Waals surface area contributed by atoms with Crippen molar-refractivity contribution in [1.82, 2.24) is 4.90 Å². The van der Waals surface area contributed by atoms with Gasteiger partial charge < -0.3 is 29.2 Å². The van der Waals surface area contributed by atoms with E-state index in [9.17, 15) is 10.2 Å². The first-order chi connectivity index (χ1) is 24.4. The molecule has 0 amide bonds. The summed E-state index contributed by atoms with van der Waals surface area (Å²) in [6.07, 6.45) is 23.3. The van der Waals surface area contributed by atoms with Crippen LogP contribution in [0.25, 0.3) is 0 Å². The number of hydrogen-bond donors (Lipinski definition) is 2. The van der Waals surface area contributed by atoms with E-state index >= 15 is 0 Å². The molecule has 8 rings (SSSR count). The zero-order valence-corrected chi connectivity index (χ0v) is 29.9. The van der Waals surface area contributed by atoms with Gasteiger partial charge in [-0.05, 0) is 56.1 Å². The molecule has 0 saturated heterocycles. The monoisotopic (exact) mass is 683 g/mol. The van der Waals surface area contributed by atoms with Crippen molar-refractivity contribution in [2.24, 2.45) is 0 Å². The molecule has 6 atom stereocenters. The van der Waals surface area contributed by atoms with Crippen LogP contribution < -0.4 is 18.9 Å². The smallest absolute Gasteiger partial charge is 0.171 e. The minimum Gasteiger partial charge on any atom is -0.493 e. The third-order valence-electron chi connectivity index (χ3n) is 12.6. The SMILES string of the molecule is COc1ccc2c3c1O[C@H]1C[C@@H](O)C=C[C@@]31CC[N+](CCCCCCCCCCN1CC[C@@]34C=C[C@H](O)C[C@@H]3Oc3c(OC)ccc(c34)C1)=C2. The second-order valence-corrected chi connectivity index (χ2v) is 15.6. The highest BCUT2D eigenvalue weighted by Gasteiger charge is 2.54. The summed E-state index contributed by atoms with van der Waals surface area (Å²) in [7, 11) is 3.42.